The smallest absolute Gasteiger partial charge is 0.255 e. The zero-order chi connectivity index (χ0) is 16.3. The summed E-state index contributed by atoms with van der Waals surface area (Å²) in [7, 11) is 1.53. The molecule has 0 aliphatic heterocycles. The van der Waals surface area contributed by atoms with E-state index < -0.39 is 0 Å². The van der Waals surface area contributed by atoms with Crippen LogP contribution in [0.3, 0.4) is 0 Å². The van der Waals surface area contributed by atoms with E-state index in [-0.39, 0.29) is 5.91 Å². The van der Waals surface area contributed by atoms with Crippen LogP contribution in [-0.4, -0.2) is 22.8 Å². The maximum Gasteiger partial charge on any atom is 0.255 e. The quantitative estimate of drug-likeness (QED) is 0.920. The lowest BCUT2D eigenvalue weighted by Gasteiger charge is -2.10. The molecule has 1 aromatic carbocycles. The van der Waals surface area contributed by atoms with Crippen molar-refractivity contribution in [3.05, 3.63) is 45.7 Å². The van der Waals surface area contributed by atoms with E-state index in [1.807, 2.05) is 25.5 Å². The normalized spacial score (nSPS) is 10.6. The van der Waals surface area contributed by atoms with Gasteiger partial charge in [0, 0.05) is 29.4 Å². The van der Waals surface area contributed by atoms with Crippen LogP contribution < -0.4 is 10.1 Å². The van der Waals surface area contributed by atoms with E-state index in [0.717, 1.165) is 23.5 Å². The van der Waals surface area contributed by atoms with Crippen molar-refractivity contribution in [3.63, 3.8) is 0 Å². The van der Waals surface area contributed by atoms with Crippen LogP contribution in [0.25, 0.3) is 0 Å². The van der Waals surface area contributed by atoms with Crippen LogP contribution in [-0.2, 0) is 13.1 Å². The number of carbonyl (C=O) groups is 1. The Morgan fingerprint density at radius 1 is 1.41 bits per heavy atom. The predicted octanol–water partition coefficient (Wildman–Crippen LogP) is 3.11. The lowest BCUT2D eigenvalue weighted by molar-refractivity contribution is 0.0948. The number of hydrogen-bond acceptors (Lipinski definition) is 3. The van der Waals surface area contributed by atoms with E-state index in [2.05, 4.69) is 10.4 Å². The van der Waals surface area contributed by atoms with Gasteiger partial charge in [0.15, 0.2) is 0 Å². The summed E-state index contributed by atoms with van der Waals surface area (Å²) in [6, 6.07) is 4.98. The number of benzene rings is 1. The van der Waals surface area contributed by atoms with Crippen LogP contribution in [0.5, 0.6) is 5.75 Å². The molecule has 1 aromatic heterocycles. The maximum atomic E-state index is 12.4. The number of hydrogen-bond donors (Lipinski definition) is 1. The molecule has 0 bridgehead atoms. The first-order valence-corrected chi connectivity index (χ1v) is 7.50. The second-order valence-electron chi connectivity index (χ2n) is 4.99. The highest BCUT2D eigenvalue weighted by molar-refractivity contribution is 6.31. The molecule has 0 unspecified atom stereocenters. The molecular weight excluding hydrogens is 302 g/mol. The summed E-state index contributed by atoms with van der Waals surface area (Å²) >= 11 is 5.96. The van der Waals surface area contributed by atoms with Gasteiger partial charge in [-0.05, 0) is 39.0 Å². The Bertz CT molecular complexity index is 695. The van der Waals surface area contributed by atoms with Gasteiger partial charge in [-0.1, -0.05) is 11.6 Å². The van der Waals surface area contributed by atoms with Gasteiger partial charge in [-0.25, -0.2) is 0 Å². The van der Waals surface area contributed by atoms with E-state index >= 15 is 0 Å². The van der Waals surface area contributed by atoms with Crippen LogP contribution in [0.2, 0.25) is 5.02 Å². The van der Waals surface area contributed by atoms with Crippen LogP contribution in [0, 0.1) is 13.8 Å². The maximum absolute atomic E-state index is 12.4. The van der Waals surface area contributed by atoms with Crippen molar-refractivity contribution < 1.29 is 9.53 Å². The minimum Gasteiger partial charge on any atom is -0.496 e. The van der Waals surface area contributed by atoms with E-state index in [1.54, 1.807) is 18.2 Å². The van der Waals surface area contributed by atoms with Gasteiger partial charge in [0.2, 0.25) is 0 Å². The number of carbonyl (C=O) groups excluding carboxylic acids is 1. The molecule has 0 spiro atoms. The number of rotatable bonds is 5. The molecule has 1 heterocycles. The molecule has 0 radical (unpaired) electrons. The topological polar surface area (TPSA) is 56.2 Å². The van der Waals surface area contributed by atoms with Gasteiger partial charge in [0.1, 0.15) is 5.75 Å². The van der Waals surface area contributed by atoms with Crippen LogP contribution in [0.15, 0.2) is 18.2 Å². The Labute approximate surface area is 135 Å². The fourth-order valence-corrected chi connectivity index (χ4v) is 2.59. The third kappa shape index (κ3) is 3.25. The monoisotopic (exact) mass is 321 g/mol. The third-order valence-electron chi connectivity index (χ3n) is 3.66. The van der Waals surface area contributed by atoms with E-state index in [1.165, 1.54) is 7.11 Å². The van der Waals surface area contributed by atoms with Crippen molar-refractivity contribution in [2.45, 2.75) is 33.9 Å². The Morgan fingerprint density at radius 2 is 2.14 bits per heavy atom. The number of ether oxygens (including phenoxy) is 1. The summed E-state index contributed by atoms with van der Waals surface area (Å²) in [4.78, 5) is 12.4. The zero-order valence-electron chi connectivity index (χ0n) is 13.2. The Balaban J connectivity index is 2.17. The van der Waals surface area contributed by atoms with Gasteiger partial charge in [0.05, 0.1) is 18.4 Å². The molecule has 0 saturated heterocycles. The number of aryl methyl sites for hydroxylation is 2. The number of amides is 1. The molecule has 0 saturated carbocycles. The average Bonchev–Trinajstić information content (AvgIpc) is 2.79. The van der Waals surface area contributed by atoms with Gasteiger partial charge >= 0.3 is 0 Å². The summed E-state index contributed by atoms with van der Waals surface area (Å²) in [6.45, 7) is 7.22. The highest BCUT2D eigenvalue weighted by Gasteiger charge is 2.15. The molecule has 22 heavy (non-hydrogen) atoms. The number of nitrogens with one attached hydrogen (secondary N) is 1. The number of aromatic nitrogens is 2. The summed E-state index contributed by atoms with van der Waals surface area (Å²) in [5.74, 6) is 0.280. The molecule has 0 atom stereocenters. The van der Waals surface area contributed by atoms with Crippen LogP contribution >= 0.6 is 11.6 Å². The van der Waals surface area contributed by atoms with E-state index in [4.69, 9.17) is 16.3 Å². The van der Waals surface area contributed by atoms with Gasteiger partial charge in [-0.2, -0.15) is 5.10 Å². The standard InChI is InChI=1S/C16H20ClN3O2/c1-5-20-11(3)14(10(2)19-20)9-18-16(21)13-8-12(17)6-7-15(13)22-4/h6-8H,5,9H2,1-4H3,(H,18,21). The molecule has 2 rings (SSSR count). The molecule has 2 aromatic rings. The first-order chi connectivity index (χ1) is 10.5. The summed E-state index contributed by atoms with van der Waals surface area (Å²) in [6.07, 6.45) is 0. The van der Waals surface area contributed by atoms with Crippen molar-refractivity contribution in [1.82, 2.24) is 15.1 Å². The molecule has 118 valence electrons. The summed E-state index contributed by atoms with van der Waals surface area (Å²) in [5, 5.41) is 7.85. The lowest BCUT2D eigenvalue weighted by atomic mass is 10.1. The first-order valence-electron chi connectivity index (χ1n) is 7.12. The third-order valence-corrected chi connectivity index (χ3v) is 3.90. The minimum atomic E-state index is -0.220. The molecule has 1 amide bonds. The molecule has 5 nitrogen and oxygen atoms in total. The zero-order valence-corrected chi connectivity index (χ0v) is 14.0. The van der Waals surface area contributed by atoms with E-state index in [0.29, 0.717) is 22.9 Å². The first kappa shape index (κ1) is 16.4. The minimum absolute atomic E-state index is 0.220. The second kappa shape index (κ2) is 6.83. The molecule has 0 fully saturated rings. The lowest BCUT2D eigenvalue weighted by Crippen LogP contribution is -2.24. The molecular formula is C16H20ClN3O2. The largest absolute Gasteiger partial charge is 0.496 e. The molecule has 0 aliphatic carbocycles. The highest BCUT2D eigenvalue weighted by Crippen LogP contribution is 2.22. The Morgan fingerprint density at radius 3 is 2.73 bits per heavy atom. The van der Waals surface area contributed by atoms with Crippen molar-refractivity contribution >= 4 is 17.5 Å². The fourth-order valence-electron chi connectivity index (χ4n) is 2.42. The highest BCUT2D eigenvalue weighted by atomic mass is 35.5. The number of halogens is 1. The summed E-state index contributed by atoms with van der Waals surface area (Å²) in [5.41, 5.74) is 3.46. The second-order valence-corrected chi connectivity index (χ2v) is 5.43. The fraction of sp³-hybridized carbons (Fsp3) is 0.375. The van der Waals surface area contributed by atoms with Crippen molar-refractivity contribution in [2.75, 3.05) is 7.11 Å². The summed E-state index contributed by atoms with van der Waals surface area (Å²) < 4.78 is 7.13. The Hall–Kier alpha value is -2.01. The van der Waals surface area contributed by atoms with Gasteiger partial charge in [-0.15, -0.1) is 0 Å². The number of methoxy groups -OCH3 is 1. The van der Waals surface area contributed by atoms with Crippen LogP contribution in [0.4, 0.5) is 0 Å². The Kier molecular flexibility index (Phi) is 5.08. The number of nitrogens with zero attached hydrogens (tertiary/aromatic N) is 2. The van der Waals surface area contributed by atoms with Crippen molar-refractivity contribution in [2.24, 2.45) is 0 Å². The predicted molar refractivity (Wildman–Crippen MR) is 86.5 cm³/mol. The van der Waals surface area contributed by atoms with Gasteiger partial charge < -0.3 is 10.1 Å². The van der Waals surface area contributed by atoms with Crippen LogP contribution in [0.1, 0.15) is 34.2 Å². The molecule has 1 N–H and O–H groups in total. The van der Waals surface area contributed by atoms with E-state index in [9.17, 15) is 4.79 Å². The van der Waals surface area contributed by atoms with Crippen molar-refractivity contribution in [1.29, 1.82) is 0 Å². The molecule has 0 aliphatic rings. The average molecular weight is 322 g/mol. The molecule has 6 heteroatoms. The van der Waals surface area contributed by atoms with Crippen molar-refractivity contribution in [3.8, 4) is 5.75 Å². The SMILES string of the molecule is CCn1nc(C)c(CNC(=O)c2cc(Cl)ccc2OC)c1C. The van der Waals surface area contributed by atoms with Gasteiger partial charge in [-0.3, -0.25) is 9.48 Å². The van der Waals surface area contributed by atoms with Gasteiger partial charge in [0.25, 0.3) is 5.91 Å².